The van der Waals surface area contributed by atoms with Gasteiger partial charge in [0.15, 0.2) is 22.7 Å². The van der Waals surface area contributed by atoms with Crippen molar-refractivity contribution in [3.8, 4) is 11.5 Å². The molecule has 7 nitrogen and oxygen atoms in total. The van der Waals surface area contributed by atoms with Crippen molar-refractivity contribution in [2.45, 2.75) is 52.3 Å². The van der Waals surface area contributed by atoms with Gasteiger partial charge in [-0.2, -0.15) is 19.4 Å². The first-order chi connectivity index (χ1) is 19.6. The summed E-state index contributed by atoms with van der Waals surface area (Å²) in [5, 5.41) is 6.53. The van der Waals surface area contributed by atoms with E-state index in [2.05, 4.69) is 0 Å². The molecule has 0 aromatic heterocycles. The lowest BCUT2D eigenvalue weighted by Crippen LogP contribution is -2.39. The Bertz CT molecular complexity index is 1370. The Hall–Kier alpha value is -2.02. The van der Waals surface area contributed by atoms with Crippen LogP contribution in [-0.4, -0.2) is 48.1 Å². The smallest absolute Gasteiger partial charge is 0.223 e. The molecule has 0 saturated carbocycles. The number of halogens is 6. The standard InChI is InChI=1S/C23H21F6N3O4S5/c1-5-35-11-7-10-8-32(22(30)12(10)14(24)17(11)36-6-2)23(41-29)16(34)13-18(37-25)15(31(4)9(3)33)20(39-27)21(40-28)19(13)38-26/h7,23,30H,5-6,8H2,1-4H3. The minimum Gasteiger partial charge on any atom is -0.490 e. The van der Waals surface area contributed by atoms with Crippen molar-refractivity contribution >= 4 is 84.0 Å². The summed E-state index contributed by atoms with van der Waals surface area (Å²) in [4.78, 5) is 24.4. The third-order valence-electron chi connectivity index (χ3n) is 5.97. The van der Waals surface area contributed by atoms with Gasteiger partial charge in [-0.15, -0.1) is 0 Å². The zero-order chi connectivity index (χ0) is 30.6. The predicted octanol–water partition coefficient (Wildman–Crippen LogP) is 8.48. The molecular weight excluding hydrogens is 657 g/mol. The fourth-order valence-corrected chi connectivity index (χ4v) is 7.08. The van der Waals surface area contributed by atoms with Crippen LogP contribution in [0, 0.1) is 11.2 Å². The number of amides is 1. The zero-order valence-corrected chi connectivity index (χ0v) is 25.7. The van der Waals surface area contributed by atoms with Crippen LogP contribution in [-0.2, 0) is 11.3 Å². The fraction of sp³-hybridized carbons (Fsp3) is 0.348. The van der Waals surface area contributed by atoms with Gasteiger partial charge < -0.3 is 19.3 Å². The van der Waals surface area contributed by atoms with Gasteiger partial charge in [-0.1, -0.05) is 0 Å². The minimum absolute atomic E-state index is 0.0177. The first kappa shape index (κ1) is 33.5. The van der Waals surface area contributed by atoms with Gasteiger partial charge >= 0.3 is 0 Å². The summed E-state index contributed by atoms with van der Waals surface area (Å²) < 4.78 is 97.6. The van der Waals surface area contributed by atoms with Crippen LogP contribution in [0.2, 0.25) is 0 Å². The second-order valence-corrected chi connectivity index (χ2v) is 11.0. The van der Waals surface area contributed by atoms with Crippen molar-refractivity contribution in [2.75, 3.05) is 25.2 Å². The molecular formula is C23H21F6N3O4S5. The van der Waals surface area contributed by atoms with Crippen molar-refractivity contribution in [3.05, 3.63) is 28.6 Å². The molecule has 2 aromatic carbocycles. The minimum atomic E-state index is -2.02. The van der Waals surface area contributed by atoms with Gasteiger partial charge in [0.05, 0.1) is 110 Å². The fourth-order valence-electron chi connectivity index (χ4n) is 4.17. The molecule has 1 heterocycles. The largest absolute Gasteiger partial charge is 0.490 e. The Morgan fingerprint density at radius 1 is 1.00 bits per heavy atom. The summed E-state index contributed by atoms with van der Waals surface area (Å²) in [5.41, 5.74) is -1.61. The molecule has 1 N–H and O–H groups in total. The van der Waals surface area contributed by atoms with Crippen LogP contribution >= 0.6 is 60.7 Å². The molecule has 1 amide bonds. The predicted molar refractivity (Wildman–Crippen MR) is 151 cm³/mol. The molecule has 0 fully saturated rings. The molecule has 41 heavy (non-hydrogen) atoms. The third-order valence-corrected chi connectivity index (χ3v) is 9.10. The van der Waals surface area contributed by atoms with E-state index in [9.17, 15) is 29.0 Å². The number of anilines is 1. The molecule has 3 rings (SSSR count). The van der Waals surface area contributed by atoms with Gasteiger partial charge in [0.2, 0.25) is 11.7 Å². The van der Waals surface area contributed by atoms with Crippen LogP contribution in [0.4, 0.5) is 29.5 Å². The summed E-state index contributed by atoms with van der Waals surface area (Å²) in [6, 6.07) is 1.38. The number of ether oxygens (including phenoxy) is 2. The molecule has 1 aliphatic rings. The van der Waals surface area contributed by atoms with E-state index >= 15 is 4.39 Å². The van der Waals surface area contributed by atoms with Gasteiger partial charge in [0.1, 0.15) is 5.84 Å². The highest BCUT2D eigenvalue weighted by Gasteiger charge is 2.42. The number of rotatable bonds is 13. The Kier molecular flexibility index (Phi) is 11.8. The number of fused-ring (bicyclic) bond motifs is 1. The second-order valence-electron chi connectivity index (χ2n) is 8.13. The number of nitrogens with one attached hydrogen (secondary N) is 1. The maximum Gasteiger partial charge on any atom is 0.223 e. The monoisotopic (exact) mass is 677 g/mol. The molecule has 224 valence electrons. The quantitative estimate of drug-likeness (QED) is 0.165. The van der Waals surface area contributed by atoms with Crippen molar-refractivity contribution < 1.29 is 42.9 Å². The number of hydrogen-bond donors (Lipinski definition) is 1. The van der Waals surface area contributed by atoms with Crippen molar-refractivity contribution in [1.29, 1.82) is 5.41 Å². The molecule has 0 aliphatic carbocycles. The van der Waals surface area contributed by atoms with E-state index in [0.29, 0.717) is 0 Å². The van der Waals surface area contributed by atoms with Crippen molar-refractivity contribution in [2.24, 2.45) is 0 Å². The lowest BCUT2D eigenvalue weighted by Gasteiger charge is -2.28. The SMILES string of the molecule is CCOc1cc2c(c(F)c1OCC)C(=N)N(C(SF)C(=O)c1c(SF)c(SF)c(SF)c(N(C)C(C)=O)c1SF)C2. The molecule has 0 spiro atoms. The molecule has 1 unspecified atom stereocenters. The highest BCUT2D eigenvalue weighted by molar-refractivity contribution is 7.99. The Morgan fingerprint density at radius 3 is 2.07 bits per heavy atom. The summed E-state index contributed by atoms with van der Waals surface area (Å²) >= 11 is -3.22. The molecule has 2 aromatic rings. The van der Waals surface area contributed by atoms with E-state index in [1.54, 1.807) is 13.8 Å². The second kappa shape index (κ2) is 14.4. The number of Topliss-reactive ketones (excluding diaryl/α,β-unsaturated/α-hetero) is 1. The number of ketones is 1. The topological polar surface area (TPSA) is 82.9 Å². The van der Waals surface area contributed by atoms with E-state index in [-0.39, 0.29) is 42.4 Å². The summed E-state index contributed by atoms with van der Waals surface area (Å²) in [6.07, 6.45) is 0. The highest BCUT2D eigenvalue weighted by Crippen LogP contribution is 2.53. The molecule has 0 radical (unpaired) electrons. The first-order valence-electron chi connectivity index (χ1n) is 11.5. The summed E-state index contributed by atoms with van der Waals surface area (Å²) in [6.45, 7) is 4.10. The number of carbonyl (C=O) groups excluding carboxylic acids is 2. The summed E-state index contributed by atoms with van der Waals surface area (Å²) in [5.74, 6) is -3.99. The van der Waals surface area contributed by atoms with Crippen molar-refractivity contribution in [1.82, 2.24) is 4.90 Å². The molecule has 1 aliphatic heterocycles. The van der Waals surface area contributed by atoms with E-state index in [4.69, 9.17) is 14.9 Å². The number of hydrogen-bond acceptors (Lipinski definition) is 10. The lowest BCUT2D eigenvalue weighted by molar-refractivity contribution is -0.116. The molecule has 0 bridgehead atoms. The summed E-state index contributed by atoms with van der Waals surface area (Å²) in [7, 11) is 1.10. The van der Waals surface area contributed by atoms with Gasteiger partial charge in [-0.3, -0.25) is 15.0 Å². The molecule has 1 atom stereocenters. The van der Waals surface area contributed by atoms with Crippen LogP contribution in [0.3, 0.4) is 0 Å². The van der Waals surface area contributed by atoms with Gasteiger partial charge in [0.25, 0.3) is 0 Å². The molecule has 18 heteroatoms. The average Bonchev–Trinajstić information content (AvgIpc) is 3.28. The lowest BCUT2D eigenvalue weighted by atomic mass is 10.1. The van der Waals surface area contributed by atoms with Crippen LogP contribution in [0.1, 0.15) is 42.3 Å². The van der Waals surface area contributed by atoms with E-state index < -0.39 is 120 Å². The Morgan fingerprint density at radius 2 is 1.59 bits per heavy atom. The van der Waals surface area contributed by atoms with E-state index in [0.717, 1.165) is 23.8 Å². The van der Waals surface area contributed by atoms with E-state index in [1.165, 1.54) is 6.07 Å². The van der Waals surface area contributed by atoms with Crippen LogP contribution in [0.25, 0.3) is 0 Å². The Labute approximate surface area is 253 Å². The number of amidine groups is 1. The number of benzene rings is 2. The van der Waals surface area contributed by atoms with Crippen LogP contribution < -0.4 is 14.4 Å². The zero-order valence-electron chi connectivity index (χ0n) is 21.6. The van der Waals surface area contributed by atoms with Crippen LogP contribution in [0.5, 0.6) is 11.5 Å². The van der Waals surface area contributed by atoms with E-state index in [1.807, 2.05) is 0 Å². The molecule has 0 saturated heterocycles. The normalized spacial score (nSPS) is 13.3. The van der Waals surface area contributed by atoms with Crippen molar-refractivity contribution in [3.63, 3.8) is 0 Å². The van der Waals surface area contributed by atoms with Gasteiger partial charge in [-0.05, 0) is 25.5 Å². The average molecular weight is 678 g/mol. The van der Waals surface area contributed by atoms with Gasteiger partial charge in [0, 0.05) is 20.5 Å². The number of nitrogens with zero attached hydrogens (tertiary/aromatic N) is 2. The van der Waals surface area contributed by atoms with Gasteiger partial charge in [-0.25, -0.2) is 4.39 Å². The highest BCUT2D eigenvalue weighted by atomic mass is 32.2. The maximum absolute atomic E-state index is 15.5. The number of carbonyl (C=O) groups is 2. The third kappa shape index (κ3) is 6.07. The maximum atomic E-state index is 15.5. The first-order valence-corrected chi connectivity index (χ1v) is 15.1. The Balaban J connectivity index is 2.23. The van der Waals surface area contributed by atoms with Crippen LogP contribution in [0.15, 0.2) is 25.6 Å².